The molecular formula is C52H32N2OS. The molecule has 9 aromatic carbocycles. The number of thiophene rings is 1. The molecule has 0 spiro atoms. The Labute approximate surface area is 326 Å². The topological polar surface area (TPSA) is 21.3 Å². The molecule has 0 fully saturated rings. The van der Waals surface area contributed by atoms with Gasteiger partial charge in [-0.2, -0.15) is 0 Å². The Morgan fingerprint density at radius 2 is 1.12 bits per heavy atom. The van der Waals surface area contributed by atoms with Gasteiger partial charge in [0.25, 0.3) is 0 Å². The summed E-state index contributed by atoms with van der Waals surface area (Å²) in [6, 6.07) is 70.2. The number of nitrogens with zero attached hydrogens (tertiary/aromatic N) is 2. The van der Waals surface area contributed by atoms with E-state index in [1.54, 1.807) is 0 Å². The fourth-order valence-electron chi connectivity index (χ4n) is 8.83. The van der Waals surface area contributed by atoms with Crippen LogP contribution in [0.15, 0.2) is 199 Å². The Hall–Kier alpha value is -7.14. The second-order valence-electron chi connectivity index (χ2n) is 14.5. The quantitative estimate of drug-likeness (QED) is 0.176. The van der Waals surface area contributed by atoms with Gasteiger partial charge in [-0.25, -0.2) is 0 Å². The molecule has 0 unspecified atom stereocenters. The first-order chi connectivity index (χ1) is 27.8. The molecule has 4 heteroatoms. The zero-order valence-electron chi connectivity index (χ0n) is 30.2. The van der Waals surface area contributed by atoms with Crippen LogP contribution in [0.25, 0.3) is 91.5 Å². The van der Waals surface area contributed by atoms with Crippen LogP contribution in [0.4, 0.5) is 17.1 Å². The minimum atomic E-state index is 0.878. The van der Waals surface area contributed by atoms with Gasteiger partial charge in [-0.15, -0.1) is 11.3 Å². The predicted molar refractivity (Wildman–Crippen MR) is 239 cm³/mol. The number of fused-ring (bicyclic) bond motifs is 10. The first-order valence-corrected chi connectivity index (χ1v) is 19.8. The normalized spacial score (nSPS) is 11.9. The highest BCUT2D eigenvalue weighted by Gasteiger charge is 2.21. The molecule has 0 atom stereocenters. The number of aromatic nitrogens is 1. The van der Waals surface area contributed by atoms with Crippen LogP contribution >= 0.6 is 11.3 Å². The minimum Gasteiger partial charge on any atom is -0.456 e. The summed E-state index contributed by atoms with van der Waals surface area (Å²) in [6.07, 6.45) is 0. The number of para-hydroxylation sites is 3. The number of hydrogen-bond acceptors (Lipinski definition) is 3. The first-order valence-electron chi connectivity index (χ1n) is 19.0. The van der Waals surface area contributed by atoms with Gasteiger partial charge in [0.05, 0.1) is 22.1 Å². The lowest BCUT2D eigenvalue weighted by Crippen LogP contribution is -2.10. The van der Waals surface area contributed by atoms with Gasteiger partial charge >= 0.3 is 0 Å². The molecule has 0 amide bonds. The lowest BCUT2D eigenvalue weighted by molar-refractivity contribution is 0.669. The zero-order valence-corrected chi connectivity index (χ0v) is 31.0. The van der Waals surface area contributed by atoms with Crippen LogP contribution in [0, 0.1) is 0 Å². The molecule has 262 valence electrons. The highest BCUT2D eigenvalue weighted by Crippen LogP contribution is 2.46. The SMILES string of the molecule is c1ccc(N(c2ccc(-c3cc(-n4c5ccccc5c5cc6ccccc6cc54)cc4c3sc3ccccc34)cc2)c2cccc3oc4ccccc4c23)cc1. The van der Waals surface area contributed by atoms with E-state index in [2.05, 4.69) is 191 Å². The standard InChI is InChI=1S/C52H32N2OS/c1-2-15-36(16-3-1)53(46-21-12-23-49-51(46)41-19-7-10-22-48(41)55-49)37-27-25-33(26-28-37)42-31-38(32-44-40-18-8-11-24-50(40)56-52(42)44)54-45-20-9-6-17-39(45)43-29-34-13-4-5-14-35(34)30-47(43)54/h1-32H. The lowest BCUT2D eigenvalue weighted by Gasteiger charge is -2.26. The molecule has 3 heterocycles. The Morgan fingerprint density at radius 1 is 0.446 bits per heavy atom. The molecule has 12 aromatic rings. The number of furan rings is 1. The Bertz CT molecular complexity index is 3480. The highest BCUT2D eigenvalue weighted by molar-refractivity contribution is 7.26. The summed E-state index contributed by atoms with van der Waals surface area (Å²) >= 11 is 1.88. The van der Waals surface area contributed by atoms with Gasteiger partial charge in [-0.05, 0) is 95.2 Å². The summed E-state index contributed by atoms with van der Waals surface area (Å²) in [5.74, 6) is 0. The van der Waals surface area contributed by atoms with Crippen LogP contribution in [0.2, 0.25) is 0 Å². The zero-order chi connectivity index (χ0) is 36.7. The molecule has 3 aromatic heterocycles. The van der Waals surface area contributed by atoms with E-state index < -0.39 is 0 Å². The van der Waals surface area contributed by atoms with Gasteiger partial charge in [0.1, 0.15) is 11.2 Å². The van der Waals surface area contributed by atoms with Gasteiger partial charge in [0.2, 0.25) is 0 Å². The van der Waals surface area contributed by atoms with Gasteiger partial charge in [0.15, 0.2) is 0 Å². The van der Waals surface area contributed by atoms with E-state index >= 15 is 0 Å². The van der Waals surface area contributed by atoms with Gasteiger partial charge < -0.3 is 13.9 Å². The van der Waals surface area contributed by atoms with Crippen molar-refractivity contribution in [3.05, 3.63) is 194 Å². The van der Waals surface area contributed by atoms with Crippen molar-refractivity contribution in [1.29, 1.82) is 0 Å². The number of benzene rings is 9. The summed E-state index contributed by atoms with van der Waals surface area (Å²) in [7, 11) is 0. The van der Waals surface area contributed by atoms with Crippen molar-refractivity contribution < 1.29 is 4.42 Å². The number of anilines is 3. The van der Waals surface area contributed by atoms with Crippen molar-refractivity contribution in [3.63, 3.8) is 0 Å². The van der Waals surface area contributed by atoms with E-state index in [0.717, 1.165) is 44.7 Å². The maximum absolute atomic E-state index is 6.35. The van der Waals surface area contributed by atoms with Crippen molar-refractivity contribution in [3.8, 4) is 16.8 Å². The van der Waals surface area contributed by atoms with Crippen LogP contribution in [0.5, 0.6) is 0 Å². The molecule has 0 radical (unpaired) electrons. The molecule has 12 rings (SSSR count). The Kier molecular flexibility index (Phi) is 6.80. The summed E-state index contributed by atoms with van der Waals surface area (Å²) in [4.78, 5) is 2.35. The van der Waals surface area contributed by atoms with Crippen LogP contribution < -0.4 is 4.90 Å². The van der Waals surface area contributed by atoms with Crippen molar-refractivity contribution in [2.75, 3.05) is 4.90 Å². The maximum atomic E-state index is 6.35. The van der Waals surface area contributed by atoms with Gasteiger partial charge in [-0.1, -0.05) is 115 Å². The molecule has 0 N–H and O–H groups in total. The van der Waals surface area contributed by atoms with E-state index in [1.165, 1.54) is 63.9 Å². The summed E-state index contributed by atoms with van der Waals surface area (Å²) < 4.78 is 11.4. The second-order valence-corrected chi connectivity index (χ2v) is 15.6. The molecule has 0 saturated heterocycles. The van der Waals surface area contributed by atoms with Crippen molar-refractivity contribution in [2.45, 2.75) is 0 Å². The number of rotatable bonds is 5. The molecule has 0 saturated carbocycles. The molecular weight excluding hydrogens is 701 g/mol. The first kappa shape index (κ1) is 31.2. The summed E-state index contributed by atoms with van der Waals surface area (Å²) in [5, 5.41) is 9.80. The smallest absolute Gasteiger partial charge is 0.137 e. The predicted octanol–water partition coefficient (Wildman–Crippen LogP) is 15.3. The van der Waals surface area contributed by atoms with Crippen molar-refractivity contribution >= 4 is 103 Å². The minimum absolute atomic E-state index is 0.878. The Morgan fingerprint density at radius 3 is 1.98 bits per heavy atom. The summed E-state index contributed by atoms with van der Waals surface area (Å²) in [6.45, 7) is 0. The average Bonchev–Trinajstić information content (AvgIpc) is 3.93. The van der Waals surface area contributed by atoms with E-state index in [1.807, 2.05) is 23.5 Å². The van der Waals surface area contributed by atoms with E-state index in [4.69, 9.17) is 4.42 Å². The van der Waals surface area contributed by atoms with Crippen LogP contribution in [-0.2, 0) is 0 Å². The van der Waals surface area contributed by atoms with Crippen LogP contribution in [0.1, 0.15) is 0 Å². The molecule has 0 aliphatic carbocycles. The summed E-state index contributed by atoms with van der Waals surface area (Å²) in [5.41, 5.74) is 11.0. The average molecular weight is 733 g/mol. The third kappa shape index (κ3) is 4.70. The Balaban J connectivity index is 1.08. The third-order valence-corrected chi connectivity index (χ3v) is 12.6. The third-order valence-electron chi connectivity index (χ3n) is 11.3. The molecule has 0 aliphatic rings. The van der Waals surface area contributed by atoms with Crippen LogP contribution in [0.3, 0.4) is 0 Å². The monoisotopic (exact) mass is 732 g/mol. The second kappa shape index (κ2) is 12.2. The fourth-order valence-corrected chi connectivity index (χ4v) is 10.0. The molecule has 56 heavy (non-hydrogen) atoms. The maximum Gasteiger partial charge on any atom is 0.137 e. The van der Waals surface area contributed by atoms with Crippen molar-refractivity contribution in [2.24, 2.45) is 0 Å². The van der Waals surface area contributed by atoms with E-state index in [0.29, 0.717) is 0 Å². The van der Waals surface area contributed by atoms with Gasteiger partial charge in [0, 0.05) is 59.0 Å². The molecule has 0 bridgehead atoms. The highest BCUT2D eigenvalue weighted by atomic mass is 32.1. The van der Waals surface area contributed by atoms with E-state index in [-0.39, 0.29) is 0 Å². The van der Waals surface area contributed by atoms with Gasteiger partial charge in [-0.3, -0.25) is 0 Å². The van der Waals surface area contributed by atoms with Crippen molar-refractivity contribution in [1.82, 2.24) is 4.57 Å². The molecule has 0 aliphatic heterocycles. The van der Waals surface area contributed by atoms with Crippen LogP contribution in [-0.4, -0.2) is 4.57 Å². The van der Waals surface area contributed by atoms with E-state index in [9.17, 15) is 0 Å². The fraction of sp³-hybridized carbons (Fsp3) is 0. The molecule has 3 nitrogen and oxygen atoms in total. The number of hydrogen-bond donors (Lipinski definition) is 0. The lowest BCUT2D eigenvalue weighted by atomic mass is 10.0. The largest absolute Gasteiger partial charge is 0.456 e.